The van der Waals surface area contributed by atoms with Crippen molar-refractivity contribution in [2.45, 2.75) is 40.0 Å². The first kappa shape index (κ1) is 12.1. The molecule has 15 heavy (non-hydrogen) atoms. The number of aryl methyl sites for hydroxylation is 2. The van der Waals surface area contributed by atoms with Gasteiger partial charge in [-0.25, -0.2) is 0 Å². The van der Waals surface area contributed by atoms with Gasteiger partial charge in [0, 0.05) is 19.3 Å². The maximum Gasteiger partial charge on any atom is 0.0396 e. The molecular weight excluding hydrogens is 182 g/mol. The maximum absolute atomic E-state index is 2.35. The first-order chi connectivity index (χ1) is 7.19. The van der Waals surface area contributed by atoms with Crippen LogP contribution in [0.4, 0.5) is 5.69 Å². The van der Waals surface area contributed by atoms with Crippen molar-refractivity contribution < 1.29 is 0 Å². The van der Waals surface area contributed by atoms with E-state index in [1.165, 1.54) is 42.6 Å². The van der Waals surface area contributed by atoms with Gasteiger partial charge in [-0.05, 0) is 31.4 Å². The zero-order chi connectivity index (χ0) is 11.3. The largest absolute Gasteiger partial charge is 0.374 e. The molecule has 0 aliphatic carbocycles. The highest BCUT2D eigenvalue weighted by Gasteiger charge is 2.12. The van der Waals surface area contributed by atoms with Gasteiger partial charge in [-0.2, -0.15) is 0 Å². The van der Waals surface area contributed by atoms with E-state index >= 15 is 0 Å². The smallest absolute Gasteiger partial charge is 0.0396 e. The molecule has 0 spiro atoms. The summed E-state index contributed by atoms with van der Waals surface area (Å²) in [4.78, 5) is 2.35. The first-order valence-corrected chi connectivity index (χ1v) is 5.99. The van der Waals surface area contributed by atoms with E-state index in [9.17, 15) is 0 Å². The van der Waals surface area contributed by atoms with Gasteiger partial charge >= 0.3 is 0 Å². The maximum atomic E-state index is 2.35. The highest BCUT2D eigenvalue weighted by Crippen LogP contribution is 2.26. The number of hydrogen-bond donors (Lipinski definition) is 0. The molecule has 1 nitrogen and oxygen atoms in total. The molecule has 0 saturated heterocycles. The molecule has 0 bridgehead atoms. The highest BCUT2D eigenvalue weighted by atomic mass is 15.1. The van der Waals surface area contributed by atoms with E-state index in [4.69, 9.17) is 0 Å². The average Bonchev–Trinajstić information content (AvgIpc) is 2.19. The lowest BCUT2D eigenvalue weighted by Gasteiger charge is -2.27. The molecule has 0 amide bonds. The van der Waals surface area contributed by atoms with Crippen LogP contribution in [0.5, 0.6) is 0 Å². The van der Waals surface area contributed by atoms with Crippen LogP contribution in [-0.4, -0.2) is 13.6 Å². The van der Waals surface area contributed by atoms with Gasteiger partial charge in [-0.3, -0.25) is 0 Å². The minimum atomic E-state index is 1.20. The summed E-state index contributed by atoms with van der Waals surface area (Å²) < 4.78 is 0. The third kappa shape index (κ3) is 3.26. The standard InChI is InChI=1S/C11H15N.C3H8/c1-9-5-6-11-10(8-9)4-3-7-12(11)2;1-3-2/h5-6,8H,3-4,7H2,1-2H3;3H2,1-2H3. The molecule has 0 unspecified atom stereocenters. The third-order valence-electron chi connectivity index (χ3n) is 2.59. The molecule has 1 aromatic rings. The van der Waals surface area contributed by atoms with Gasteiger partial charge < -0.3 is 4.90 Å². The Kier molecular flexibility index (Phi) is 4.67. The average molecular weight is 205 g/mol. The second kappa shape index (κ2) is 5.79. The van der Waals surface area contributed by atoms with Crippen molar-refractivity contribution >= 4 is 5.69 Å². The molecule has 0 fully saturated rings. The van der Waals surface area contributed by atoms with Crippen molar-refractivity contribution in [3.05, 3.63) is 29.3 Å². The summed E-state index contributed by atoms with van der Waals surface area (Å²) in [7, 11) is 2.17. The van der Waals surface area contributed by atoms with Crippen molar-refractivity contribution in [2.75, 3.05) is 18.5 Å². The number of anilines is 1. The van der Waals surface area contributed by atoms with Crippen LogP contribution in [0, 0.1) is 6.92 Å². The Labute approximate surface area is 94.1 Å². The van der Waals surface area contributed by atoms with Crippen molar-refractivity contribution in [1.29, 1.82) is 0 Å². The van der Waals surface area contributed by atoms with Gasteiger partial charge in [0.1, 0.15) is 0 Å². The lowest BCUT2D eigenvalue weighted by atomic mass is 10.0. The lowest BCUT2D eigenvalue weighted by molar-refractivity contribution is 0.744. The summed E-state index contributed by atoms with van der Waals surface area (Å²) in [6, 6.07) is 6.75. The molecule has 2 rings (SSSR count). The Balaban J connectivity index is 0.000000337. The van der Waals surface area contributed by atoms with Crippen LogP contribution in [0.2, 0.25) is 0 Å². The molecular formula is C14H23N. The number of nitrogens with zero attached hydrogens (tertiary/aromatic N) is 1. The summed E-state index contributed by atoms with van der Waals surface area (Å²) in [6.45, 7) is 7.62. The SMILES string of the molecule is CCC.Cc1ccc2c(c1)CCCN2C. The summed E-state index contributed by atoms with van der Waals surface area (Å²) in [5, 5.41) is 0. The van der Waals surface area contributed by atoms with E-state index in [1.54, 1.807) is 0 Å². The van der Waals surface area contributed by atoms with Crippen molar-refractivity contribution in [3.8, 4) is 0 Å². The van der Waals surface area contributed by atoms with Crippen molar-refractivity contribution in [1.82, 2.24) is 0 Å². The van der Waals surface area contributed by atoms with Gasteiger partial charge in [0.2, 0.25) is 0 Å². The molecule has 0 atom stereocenters. The monoisotopic (exact) mass is 205 g/mol. The summed E-state index contributed by atoms with van der Waals surface area (Å²) >= 11 is 0. The molecule has 1 aromatic carbocycles. The quantitative estimate of drug-likeness (QED) is 0.623. The minimum Gasteiger partial charge on any atom is -0.374 e. The summed E-state index contributed by atoms with van der Waals surface area (Å²) in [6.07, 6.45) is 3.80. The van der Waals surface area contributed by atoms with Gasteiger partial charge in [0.05, 0.1) is 0 Å². The van der Waals surface area contributed by atoms with Crippen LogP contribution in [0.15, 0.2) is 18.2 Å². The number of benzene rings is 1. The number of rotatable bonds is 0. The van der Waals surface area contributed by atoms with Crippen molar-refractivity contribution in [3.63, 3.8) is 0 Å². The normalized spacial score (nSPS) is 14.0. The van der Waals surface area contributed by atoms with E-state index in [-0.39, 0.29) is 0 Å². The third-order valence-corrected chi connectivity index (χ3v) is 2.59. The molecule has 0 saturated carbocycles. The van der Waals surface area contributed by atoms with E-state index < -0.39 is 0 Å². The fourth-order valence-corrected chi connectivity index (χ4v) is 1.91. The molecule has 1 heteroatoms. The van der Waals surface area contributed by atoms with Crippen LogP contribution >= 0.6 is 0 Å². The molecule has 0 radical (unpaired) electrons. The van der Waals surface area contributed by atoms with E-state index in [2.05, 4.69) is 50.9 Å². The Morgan fingerprint density at radius 3 is 2.60 bits per heavy atom. The molecule has 1 heterocycles. The topological polar surface area (TPSA) is 3.24 Å². The van der Waals surface area contributed by atoms with Gasteiger partial charge in [0.15, 0.2) is 0 Å². The van der Waals surface area contributed by atoms with Gasteiger partial charge in [-0.15, -0.1) is 0 Å². The number of fused-ring (bicyclic) bond motifs is 1. The van der Waals surface area contributed by atoms with Crippen molar-refractivity contribution in [2.24, 2.45) is 0 Å². The number of hydrogen-bond acceptors (Lipinski definition) is 1. The van der Waals surface area contributed by atoms with Crippen LogP contribution in [-0.2, 0) is 6.42 Å². The molecule has 0 aromatic heterocycles. The zero-order valence-corrected chi connectivity index (χ0v) is 10.5. The minimum absolute atomic E-state index is 1.20. The Morgan fingerprint density at radius 2 is 1.93 bits per heavy atom. The molecule has 1 aliphatic heterocycles. The van der Waals surface area contributed by atoms with E-state index in [0.29, 0.717) is 0 Å². The summed E-state index contributed by atoms with van der Waals surface area (Å²) in [5.41, 5.74) is 4.32. The Bertz CT molecular complexity index is 304. The molecule has 1 aliphatic rings. The van der Waals surface area contributed by atoms with Crippen LogP contribution in [0.25, 0.3) is 0 Å². The fraction of sp³-hybridized carbons (Fsp3) is 0.571. The molecule has 0 N–H and O–H groups in total. The van der Waals surface area contributed by atoms with Crippen LogP contribution in [0.3, 0.4) is 0 Å². The lowest BCUT2D eigenvalue weighted by Crippen LogP contribution is -2.24. The van der Waals surface area contributed by atoms with E-state index in [1.807, 2.05) is 0 Å². The zero-order valence-electron chi connectivity index (χ0n) is 10.5. The van der Waals surface area contributed by atoms with Crippen LogP contribution < -0.4 is 4.90 Å². The first-order valence-electron chi connectivity index (χ1n) is 5.99. The highest BCUT2D eigenvalue weighted by molar-refractivity contribution is 5.55. The predicted octanol–water partition coefficient (Wildman–Crippen LogP) is 3.79. The fourth-order valence-electron chi connectivity index (χ4n) is 1.91. The Hall–Kier alpha value is -0.980. The second-order valence-electron chi connectivity index (χ2n) is 4.36. The Morgan fingerprint density at radius 1 is 1.27 bits per heavy atom. The van der Waals surface area contributed by atoms with Crippen LogP contribution in [0.1, 0.15) is 37.8 Å². The van der Waals surface area contributed by atoms with E-state index in [0.717, 1.165) is 0 Å². The second-order valence-corrected chi connectivity index (χ2v) is 4.36. The van der Waals surface area contributed by atoms with Gasteiger partial charge in [0.25, 0.3) is 0 Å². The summed E-state index contributed by atoms with van der Waals surface area (Å²) in [5.74, 6) is 0. The van der Waals surface area contributed by atoms with Gasteiger partial charge in [-0.1, -0.05) is 38.0 Å². The predicted molar refractivity (Wildman–Crippen MR) is 68.7 cm³/mol. The molecule has 84 valence electrons.